The summed E-state index contributed by atoms with van der Waals surface area (Å²) in [7, 11) is 0. The van der Waals surface area contributed by atoms with Gasteiger partial charge in [0.05, 0.1) is 6.54 Å². The summed E-state index contributed by atoms with van der Waals surface area (Å²) in [6.45, 7) is 3.85. The number of rotatable bonds is 4. The number of hydrogen-bond donors (Lipinski definition) is 0. The fourth-order valence-corrected chi connectivity index (χ4v) is 4.77. The van der Waals surface area contributed by atoms with E-state index in [4.69, 9.17) is 0 Å². The van der Waals surface area contributed by atoms with Gasteiger partial charge in [-0.3, -0.25) is 4.90 Å². The quantitative estimate of drug-likeness (QED) is 0.778. The van der Waals surface area contributed by atoms with E-state index >= 15 is 0 Å². The normalized spacial score (nSPS) is 32.3. The van der Waals surface area contributed by atoms with Crippen molar-refractivity contribution in [3.8, 4) is 0 Å². The van der Waals surface area contributed by atoms with Crippen molar-refractivity contribution >= 4 is 0 Å². The van der Waals surface area contributed by atoms with Crippen molar-refractivity contribution < 1.29 is 13.2 Å². The van der Waals surface area contributed by atoms with Gasteiger partial charge >= 0.3 is 6.18 Å². The van der Waals surface area contributed by atoms with Gasteiger partial charge in [-0.05, 0) is 43.7 Å². The molecule has 2 heterocycles. The Morgan fingerprint density at radius 1 is 0.818 bits per heavy atom. The van der Waals surface area contributed by atoms with Crippen molar-refractivity contribution in [2.45, 2.75) is 51.1 Å². The summed E-state index contributed by atoms with van der Waals surface area (Å²) < 4.78 is 37.6. The van der Waals surface area contributed by atoms with Crippen LogP contribution >= 0.6 is 0 Å². The van der Waals surface area contributed by atoms with Gasteiger partial charge in [-0.25, -0.2) is 0 Å². The Morgan fingerprint density at radius 2 is 1.50 bits per heavy atom. The zero-order valence-electron chi connectivity index (χ0n) is 13.5. The van der Waals surface area contributed by atoms with E-state index in [9.17, 15) is 13.2 Å². The molecular weight excluding hydrogens is 289 g/mol. The molecule has 3 aliphatic rings. The molecule has 0 amide bonds. The van der Waals surface area contributed by atoms with E-state index < -0.39 is 12.7 Å². The lowest BCUT2D eigenvalue weighted by Crippen LogP contribution is -2.40. The molecular formula is C17H29F3N2. The van der Waals surface area contributed by atoms with Crippen molar-refractivity contribution in [1.29, 1.82) is 0 Å². The van der Waals surface area contributed by atoms with Crippen LogP contribution in [0, 0.1) is 17.8 Å². The summed E-state index contributed by atoms with van der Waals surface area (Å²) in [5, 5.41) is 0. The molecule has 0 spiro atoms. The van der Waals surface area contributed by atoms with E-state index in [1.54, 1.807) is 4.90 Å². The van der Waals surface area contributed by atoms with Gasteiger partial charge in [-0.15, -0.1) is 0 Å². The monoisotopic (exact) mass is 318 g/mol. The maximum Gasteiger partial charge on any atom is 0.401 e. The van der Waals surface area contributed by atoms with Crippen LogP contribution in [0.25, 0.3) is 0 Å². The Balaban J connectivity index is 1.41. The second kappa shape index (κ2) is 7.08. The number of hydrogen-bond acceptors (Lipinski definition) is 2. The van der Waals surface area contributed by atoms with Crippen LogP contribution in [0.3, 0.4) is 0 Å². The third-order valence-corrected chi connectivity index (χ3v) is 5.94. The molecule has 0 radical (unpaired) electrons. The molecule has 0 bridgehead atoms. The molecule has 1 saturated carbocycles. The fraction of sp³-hybridized carbons (Fsp3) is 1.00. The first kappa shape index (κ1) is 16.6. The summed E-state index contributed by atoms with van der Waals surface area (Å²) in [5.74, 6) is 1.85. The molecule has 3 rings (SSSR count). The van der Waals surface area contributed by atoms with Gasteiger partial charge < -0.3 is 4.90 Å². The minimum Gasteiger partial charge on any atom is -0.303 e. The van der Waals surface area contributed by atoms with E-state index in [-0.39, 0.29) is 0 Å². The van der Waals surface area contributed by atoms with Crippen LogP contribution in [0.4, 0.5) is 13.2 Å². The number of halogens is 3. The average Bonchev–Trinajstić information content (AvgIpc) is 2.85. The highest BCUT2D eigenvalue weighted by Crippen LogP contribution is 2.33. The highest BCUT2D eigenvalue weighted by Gasteiger charge is 2.41. The molecule has 0 aromatic carbocycles. The minimum atomic E-state index is -4.05. The molecule has 2 saturated heterocycles. The molecule has 22 heavy (non-hydrogen) atoms. The SMILES string of the molecule is FC(F)(F)CN1CC2CCN(CCC3CCCCC3)C[C@H]2C1. The van der Waals surface area contributed by atoms with Crippen LogP contribution in [0.2, 0.25) is 0 Å². The summed E-state index contributed by atoms with van der Waals surface area (Å²) >= 11 is 0. The summed E-state index contributed by atoms with van der Waals surface area (Å²) in [4.78, 5) is 4.15. The molecule has 0 aromatic heterocycles. The number of likely N-dealkylation sites (tertiary alicyclic amines) is 2. The molecule has 3 fully saturated rings. The summed E-state index contributed by atoms with van der Waals surface area (Å²) in [5.41, 5.74) is 0. The van der Waals surface area contributed by atoms with Gasteiger partial charge in [0.1, 0.15) is 0 Å². The Morgan fingerprint density at radius 3 is 2.23 bits per heavy atom. The lowest BCUT2D eigenvalue weighted by molar-refractivity contribution is -0.144. The van der Waals surface area contributed by atoms with Gasteiger partial charge in [0.15, 0.2) is 0 Å². The molecule has 128 valence electrons. The third-order valence-electron chi connectivity index (χ3n) is 5.94. The second-order valence-corrected chi connectivity index (χ2v) is 7.71. The number of fused-ring (bicyclic) bond motifs is 1. The molecule has 2 atom stereocenters. The third kappa shape index (κ3) is 4.60. The smallest absolute Gasteiger partial charge is 0.303 e. The largest absolute Gasteiger partial charge is 0.401 e. The van der Waals surface area contributed by atoms with Crippen molar-refractivity contribution in [3.63, 3.8) is 0 Å². The number of piperidine rings is 1. The molecule has 0 N–H and O–H groups in total. The Labute approximate surface area is 132 Å². The van der Waals surface area contributed by atoms with Gasteiger partial charge in [0, 0.05) is 19.6 Å². The van der Waals surface area contributed by atoms with Crippen molar-refractivity contribution in [3.05, 3.63) is 0 Å². The van der Waals surface area contributed by atoms with Crippen molar-refractivity contribution in [2.24, 2.45) is 17.8 Å². The topological polar surface area (TPSA) is 6.48 Å². The van der Waals surface area contributed by atoms with Gasteiger partial charge in [-0.1, -0.05) is 32.1 Å². The van der Waals surface area contributed by atoms with E-state index in [1.807, 2.05) is 0 Å². The van der Waals surface area contributed by atoms with Crippen LogP contribution in [0.5, 0.6) is 0 Å². The van der Waals surface area contributed by atoms with Crippen molar-refractivity contribution in [1.82, 2.24) is 9.80 Å². The zero-order chi connectivity index (χ0) is 15.6. The maximum absolute atomic E-state index is 12.5. The molecule has 5 heteroatoms. The standard InChI is InChI=1S/C17H29F3N2/c18-17(19,20)13-22-10-15-7-9-21(11-16(15)12-22)8-6-14-4-2-1-3-5-14/h14-16H,1-13H2/t15?,16-/m0/s1. The van der Waals surface area contributed by atoms with Gasteiger partial charge in [0.25, 0.3) is 0 Å². The first-order valence-corrected chi connectivity index (χ1v) is 9.01. The second-order valence-electron chi connectivity index (χ2n) is 7.71. The van der Waals surface area contributed by atoms with E-state index in [2.05, 4.69) is 4.90 Å². The first-order valence-electron chi connectivity index (χ1n) is 9.01. The van der Waals surface area contributed by atoms with E-state index in [0.29, 0.717) is 24.9 Å². The average molecular weight is 318 g/mol. The van der Waals surface area contributed by atoms with Crippen molar-refractivity contribution in [2.75, 3.05) is 39.3 Å². The van der Waals surface area contributed by atoms with E-state index in [1.165, 1.54) is 38.5 Å². The predicted octanol–water partition coefficient (Wildman–Crippen LogP) is 3.77. The Kier molecular flexibility index (Phi) is 5.33. The molecule has 2 nitrogen and oxygen atoms in total. The lowest BCUT2D eigenvalue weighted by Gasteiger charge is -2.35. The molecule has 1 aliphatic carbocycles. The predicted molar refractivity (Wildman–Crippen MR) is 81.7 cm³/mol. The van der Waals surface area contributed by atoms with Crippen LogP contribution in [-0.2, 0) is 0 Å². The molecule has 0 aromatic rings. The maximum atomic E-state index is 12.5. The van der Waals surface area contributed by atoms with Crippen LogP contribution < -0.4 is 0 Å². The van der Waals surface area contributed by atoms with Gasteiger partial charge in [-0.2, -0.15) is 13.2 Å². The number of alkyl halides is 3. The molecule has 1 unspecified atom stereocenters. The summed E-state index contributed by atoms with van der Waals surface area (Å²) in [6, 6.07) is 0. The Bertz CT molecular complexity index is 352. The molecule has 2 aliphatic heterocycles. The summed E-state index contributed by atoms with van der Waals surface area (Å²) in [6.07, 6.45) is 5.29. The van der Waals surface area contributed by atoms with Crippen LogP contribution in [-0.4, -0.2) is 55.2 Å². The minimum absolute atomic E-state index is 0.461. The fourth-order valence-electron chi connectivity index (χ4n) is 4.77. The zero-order valence-corrected chi connectivity index (χ0v) is 13.5. The highest BCUT2D eigenvalue weighted by atomic mass is 19.4. The Hall–Kier alpha value is -0.290. The van der Waals surface area contributed by atoms with Crippen LogP contribution in [0.1, 0.15) is 44.9 Å². The van der Waals surface area contributed by atoms with Crippen LogP contribution in [0.15, 0.2) is 0 Å². The van der Waals surface area contributed by atoms with E-state index in [0.717, 1.165) is 32.0 Å². The number of nitrogens with zero attached hydrogens (tertiary/aromatic N) is 2. The lowest BCUT2D eigenvalue weighted by atomic mass is 9.85. The van der Waals surface area contributed by atoms with Gasteiger partial charge in [0.2, 0.25) is 0 Å². The first-order chi connectivity index (χ1) is 10.5. The highest BCUT2D eigenvalue weighted by molar-refractivity contribution is 4.90.